The van der Waals surface area contributed by atoms with E-state index in [-0.39, 0.29) is 0 Å². The minimum absolute atomic E-state index is 0.503. The molecule has 8 aromatic rings. The smallest absolute Gasteiger partial charge is 0.0622 e. The lowest BCUT2D eigenvalue weighted by Crippen LogP contribution is -2.44. The van der Waals surface area contributed by atoms with Gasteiger partial charge in [0.25, 0.3) is 0 Å². The summed E-state index contributed by atoms with van der Waals surface area (Å²) < 4.78 is 1.13. The molecule has 3 aliphatic carbocycles. The van der Waals surface area contributed by atoms with Crippen LogP contribution in [0.3, 0.4) is 0 Å². The maximum atomic E-state index is 4.05. The minimum atomic E-state index is -0.562. The second-order valence-corrected chi connectivity index (χ2v) is 14.9. The number of hydrogen-bond acceptors (Lipinski definition) is 0. The van der Waals surface area contributed by atoms with Crippen molar-refractivity contribution in [2.75, 3.05) is 0 Å². The van der Waals surface area contributed by atoms with Gasteiger partial charge in [-0.1, -0.05) is 186 Å². The van der Waals surface area contributed by atoms with Crippen LogP contribution in [0.5, 0.6) is 0 Å². The van der Waals surface area contributed by atoms with Crippen LogP contribution >= 0.6 is 15.9 Å². The first-order valence-electron chi connectivity index (χ1n) is 17.7. The third-order valence-corrected chi connectivity index (χ3v) is 12.5. The number of rotatable bonds is 2. The quantitative estimate of drug-likeness (QED) is 0.167. The Hall–Kier alpha value is -5.76. The fourth-order valence-electron chi connectivity index (χ4n) is 9.95. The molecule has 0 fully saturated rings. The molecule has 0 unspecified atom stereocenters. The fraction of sp³-hybridized carbons (Fsp3) is 0.0400. The van der Waals surface area contributed by atoms with Gasteiger partial charge in [0, 0.05) is 10.0 Å². The molecule has 11 rings (SSSR count). The zero-order valence-electron chi connectivity index (χ0n) is 27.8. The Kier molecular flexibility index (Phi) is 6.04. The highest BCUT2D eigenvalue weighted by molar-refractivity contribution is 9.10. The van der Waals surface area contributed by atoms with E-state index >= 15 is 0 Å². The van der Waals surface area contributed by atoms with Gasteiger partial charge in [-0.3, -0.25) is 0 Å². The molecule has 0 saturated heterocycles. The fourth-order valence-corrected chi connectivity index (χ4v) is 10.5. The highest BCUT2D eigenvalue weighted by Gasteiger charge is 2.59. The zero-order chi connectivity index (χ0) is 33.7. The van der Waals surface area contributed by atoms with Crippen LogP contribution in [0.15, 0.2) is 193 Å². The molecule has 0 amide bonds. The molecule has 3 aliphatic rings. The molecule has 0 nitrogen and oxygen atoms in total. The van der Waals surface area contributed by atoms with Crippen molar-refractivity contribution in [3.8, 4) is 44.5 Å². The number of halogens is 1. The van der Waals surface area contributed by atoms with Crippen LogP contribution in [-0.2, 0) is 10.8 Å². The summed E-state index contributed by atoms with van der Waals surface area (Å²) in [5.41, 5.74) is 19.8. The lowest BCUT2D eigenvalue weighted by molar-refractivity contribution is 0.633. The number of hydrogen-bond donors (Lipinski definition) is 0. The summed E-state index contributed by atoms with van der Waals surface area (Å²) in [7, 11) is 0. The van der Waals surface area contributed by atoms with Gasteiger partial charge in [-0.2, -0.15) is 0 Å². The maximum absolute atomic E-state index is 4.05. The first-order valence-corrected chi connectivity index (χ1v) is 18.5. The average Bonchev–Trinajstić information content (AvgIpc) is 3.67. The Bertz CT molecular complexity index is 2560. The second kappa shape index (κ2) is 10.6. The normalized spacial score (nSPS) is 14.7. The van der Waals surface area contributed by atoms with Crippen molar-refractivity contribution in [3.05, 3.63) is 237 Å². The molecule has 0 radical (unpaired) electrons. The summed E-state index contributed by atoms with van der Waals surface area (Å²) in [4.78, 5) is 0. The van der Waals surface area contributed by atoms with Gasteiger partial charge in [0.15, 0.2) is 0 Å². The Balaban J connectivity index is 1.38. The van der Waals surface area contributed by atoms with Crippen molar-refractivity contribution in [3.63, 3.8) is 0 Å². The van der Waals surface area contributed by atoms with Crippen LogP contribution in [0.25, 0.3) is 44.5 Å². The predicted molar refractivity (Wildman–Crippen MR) is 213 cm³/mol. The van der Waals surface area contributed by atoms with Gasteiger partial charge < -0.3 is 0 Å². The van der Waals surface area contributed by atoms with Crippen molar-refractivity contribution in [2.45, 2.75) is 10.8 Å². The molecule has 0 heterocycles. The van der Waals surface area contributed by atoms with Gasteiger partial charge in [0.1, 0.15) is 0 Å². The van der Waals surface area contributed by atoms with Crippen LogP contribution in [0, 0.1) is 0 Å². The van der Waals surface area contributed by atoms with Gasteiger partial charge in [-0.15, -0.1) is 0 Å². The van der Waals surface area contributed by atoms with Crippen molar-refractivity contribution >= 4 is 15.9 Å². The zero-order valence-corrected chi connectivity index (χ0v) is 29.4. The highest BCUT2D eigenvalue weighted by atomic mass is 79.9. The molecule has 1 heteroatoms. The van der Waals surface area contributed by atoms with Crippen molar-refractivity contribution in [2.24, 2.45) is 0 Å². The molecule has 0 atom stereocenters. The van der Waals surface area contributed by atoms with E-state index in [4.69, 9.17) is 0 Å². The summed E-state index contributed by atoms with van der Waals surface area (Å²) in [5, 5.41) is 0. The minimum Gasteiger partial charge on any atom is -0.0622 e. The molecule has 0 bridgehead atoms. The Morgan fingerprint density at radius 2 is 0.686 bits per heavy atom. The molecule has 2 spiro atoms. The summed E-state index contributed by atoms with van der Waals surface area (Å²) >= 11 is 4.05. The van der Waals surface area contributed by atoms with E-state index in [2.05, 4.69) is 204 Å². The molecule has 0 aliphatic heterocycles. The average molecular weight is 712 g/mol. The highest BCUT2D eigenvalue weighted by Crippen LogP contribution is 2.68. The van der Waals surface area contributed by atoms with E-state index in [1.165, 1.54) is 89.0 Å². The lowest BCUT2D eigenvalue weighted by atomic mass is 9.52. The van der Waals surface area contributed by atoms with Crippen LogP contribution < -0.4 is 0 Å². The van der Waals surface area contributed by atoms with Crippen LogP contribution in [-0.4, -0.2) is 0 Å². The lowest BCUT2D eigenvalue weighted by Gasteiger charge is -2.49. The maximum Gasteiger partial charge on any atom is 0.0720 e. The molecule has 8 aromatic carbocycles. The van der Waals surface area contributed by atoms with Gasteiger partial charge in [0.05, 0.1) is 10.8 Å². The van der Waals surface area contributed by atoms with Crippen LogP contribution in [0.4, 0.5) is 0 Å². The number of fused-ring (bicyclic) bond motifs is 16. The predicted octanol–water partition coefficient (Wildman–Crippen LogP) is 12.8. The molecule has 0 N–H and O–H groups in total. The molecule has 238 valence electrons. The van der Waals surface area contributed by atoms with E-state index in [0.717, 1.165) is 4.47 Å². The molecule has 51 heavy (non-hydrogen) atoms. The van der Waals surface area contributed by atoms with Crippen molar-refractivity contribution < 1.29 is 0 Å². The van der Waals surface area contributed by atoms with Gasteiger partial charge in [0.2, 0.25) is 0 Å². The first-order chi connectivity index (χ1) is 25.2. The summed E-state index contributed by atoms with van der Waals surface area (Å²) in [6.07, 6.45) is 0. The third kappa shape index (κ3) is 3.64. The molecule has 0 aromatic heterocycles. The summed E-state index contributed by atoms with van der Waals surface area (Å²) in [6.45, 7) is 0. The Morgan fingerprint density at radius 1 is 0.275 bits per heavy atom. The van der Waals surface area contributed by atoms with E-state index in [0.29, 0.717) is 0 Å². The monoisotopic (exact) mass is 710 g/mol. The van der Waals surface area contributed by atoms with E-state index in [1.54, 1.807) is 0 Å². The SMILES string of the molecule is Brc1cccc2c1-c1ccccc1C21c2cc(-c3ccccc3)ccc2C2(c3ccccc3-c3ccccc32)c2ccc(-c3ccccc3)cc21. The largest absolute Gasteiger partial charge is 0.0720 e. The molecular weight excluding hydrogens is 680 g/mol. The van der Waals surface area contributed by atoms with Gasteiger partial charge in [-0.25, -0.2) is 0 Å². The Labute approximate surface area is 306 Å². The Morgan fingerprint density at radius 3 is 1.22 bits per heavy atom. The second-order valence-electron chi connectivity index (χ2n) is 14.1. The van der Waals surface area contributed by atoms with E-state index < -0.39 is 10.8 Å². The summed E-state index contributed by atoms with van der Waals surface area (Å²) in [5.74, 6) is 0. The molecular formula is C50H31Br. The standard InChI is InChI=1S/C50H31Br/c51-47-25-13-24-44-48(47)38-20-9-12-23-41(38)50(44)45-30-34(32-14-3-1-4-15-32)26-28-42(45)49(39-21-10-7-18-36(39)37-19-8-11-22-40(37)49)43-29-27-35(31-46(43)50)33-16-5-2-6-17-33/h1-31H. The number of benzene rings is 8. The van der Waals surface area contributed by atoms with E-state index in [1.807, 2.05) is 0 Å². The van der Waals surface area contributed by atoms with Crippen molar-refractivity contribution in [1.29, 1.82) is 0 Å². The third-order valence-electron chi connectivity index (χ3n) is 11.8. The van der Waals surface area contributed by atoms with Gasteiger partial charge >= 0.3 is 0 Å². The first kappa shape index (κ1) is 29.0. The van der Waals surface area contributed by atoms with Crippen LogP contribution in [0.1, 0.15) is 44.5 Å². The summed E-state index contributed by atoms with van der Waals surface area (Å²) in [6, 6.07) is 70.6. The molecule has 0 saturated carbocycles. The van der Waals surface area contributed by atoms with Crippen LogP contribution in [0.2, 0.25) is 0 Å². The topological polar surface area (TPSA) is 0 Å². The van der Waals surface area contributed by atoms with E-state index in [9.17, 15) is 0 Å². The van der Waals surface area contributed by atoms with Gasteiger partial charge in [-0.05, 0) is 102 Å². The van der Waals surface area contributed by atoms with Crippen molar-refractivity contribution in [1.82, 2.24) is 0 Å².